The molecule has 2 rings (SSSR count). The summed E-state index contributed by atoms with van der Waals surface area (Å²) in [5.41, 5.74) is 4.39. The normalized spacial score (nSPS) is 11.4. The Morgan fingerprint density at radius 2 is 2.00 bits per heavy atom. The SMILES string of the molecule is CN=C(NCCC(=O)N(C)Cc1ccccc1Br)NCc1c(C)nn(C)c1C. The first-order valence-corrected chi connectivity index (χ1v) is 10.0. The van der Waals surface area contributed by atoms with Crippen LogP contribution in [0.4, 0.5) is 0 Å². The number of carbonyl (C=O) groups is 1. The fourth-order valence-electron chi connectivity index (χ4n) is 2.92. The van der Waals surface area contributed by atoms with Crippen LogP contribution in [0.5, 0.6) is 0 Å². The van der Waals surface area contributed by atoms with Gasteiger partial charge < -0.3 is 15.5 Å². The molecule has 7 nitrogen and oxygen atoms in total. The molecule has 1 amide bonds. The number of hydrogen-bond acceptors (Lipinski definition) is 3. The average Bonchev–Trinajstić information content (AvgIpc) is 2.91. The molecule has 0 aliphatic carbocycles. The van der Waals surface area contributed by atoms with Crippen LogP contribution in [0.3, 0.4) is 0 Å². The number of aromatic nitrogens is 2. The number of nitrogens with one attached hydrogen (secondary N) is 2. The summed E-state index contributed by atoms with van der Waals surface area (Å²) in [6, 6.07) is 7.94. The van der Waals surface area contributed by atoms with Gasteiger partial charge in [-0.05, 0) is 25.5 Å². The standard InChI is InChI=1S/C20H29BrN6O/c1-14-17(15(2)27(5)25-14)12-24-20(22-3)23-11-10-19(28)26(4)13-16-8-6-7-9-18(16)21/h6-9H,10-13H2,1-5H3,(H2,22,23,24). The molecule has 0 aliphatic rings. The second-order valence-corrected chi connectivity index (χ2v) is 7.57. The molecule has 0 aliphatic heterocycles. The van der Waals surface area contributed by atoms with Gasteiger partial charge in [-0.2, -0.15) is 5.10 Å². The quantitative estimate of drug-likeness (QED) is 0.503. The molecule has 0 radical (unpaired) electrons. The van der Waals surface area contributed by atoms with Crippen molar-refractivity contribution >= 4 is 27.8 Å². The van der Waals surface area contributed by atoms with E-state index in [4.69, 9.17) is 0 Å². The van der Waals surface area contributed by atoms with Crippen LogP contribution in [-0.2, 0) is 24.9 Å². The molecule has 0 bridgehead atoms. The highest BCUT2D eigenvalue weighted by Crippen LogP contribution is 2.17. The number of amides is 1. The minimum atomic E-state index is 0.0812. The molecule has 0 saturated heterocycles. The maximum Gasteiger partial charge on any atom is 0.224 e. The highest BCUT2D eigenvalue weighted by molar-refractivity contribution is 9.10. The number of nitrogens with zero attached hydrogens (tertiary/aromatic N) is 4. The van der Waals surface area contributed by atoms with Gasteiger partial charge in [0.2, 0.25) is 5.91 Å². The van der Waals surface area contributed by atoms with Crippen LogP contribution in [-0.4, -0.2) is 47.2 Å². The lowest BCUT2D eigenvalue weighted by Gasteiger charge is -2.19. The monoisotopic (exact) mass is 448 g/mol. The fraction of sp³-hybridized carbons (Fsp3) is 0.450. The number of benzene rings is 1. The zero-order valence-electron chi connectivity index (χ0n) is 17.2. The van der Waals surface area contributed by atoms with Gasteiger partial charge in [0.05, 0.1) is 5.69 Å². The van der Waals surface area contributed by atoms with Crippen LogP contribution >= 0.6 is 15.9 Å². The molecule has 0 spiro atoms. The summed E-state index contributed by atoms with van der Waals surface area (Å²) in [5.74, 6) is 0.751. The summed E-state index contributed by atoms with van der Waals surface area (Å²) >= 11 is 3.52. The van der Waals surface area contributed by atoms with Gasteiger partial charge in [0.25, 0.3) is 0 Å². The third-order valence-electron chi connectivity index (χ3n) is 4.74. The first kappa shape index (κ1) is 21.9. The highest BCUT2D eigenvalue weighted by Gasteiger charge is 2.12. The number of carbonyl (C=O) groups excluding carboxylic acids is 1. The van der Waals surface area contributed by atoms with Gasteiger partial charge in [0, 0.05) is 62.9 Å². The topological polar surface area (TPSA) is 74.6 Å². The van der Waals surface area contributed by atoms with E-state index in [0.717, 1.165) is 27.0 Å². The Morgan fingerprint density at radius 3 is 2.61 bits per heavy atom. The minimum Gasteiger partial charge on any atom is -0.356 e. The molecule has 0 fully saturated rings. The minimum absolute atomic E-state index is 0.0812. The van der Waals surface area contributed by atoms with E-state index < -0.39 is 0 Å². The lowest BCUT2D eigenvalue weighted by atomic mass is 10.2. The van der Waals surface area contributed by atoms with Crippen LogP contribution in [0.15, 0.2) is 33.7 Å². The molecule has 1 heterocycles. The predicted molar refractivity (Wildman–Crippen MR) is 116 cm³/mol. The molecule has 8 heteroatoms. The summed E-state index contributed by atoms with van der Waals surface area (Å²) in [6.45, 7) is 5.78. The number of aryl methyl sites for hydroxylation is 2. The Bertz CT molecular complexity index is 845. The van der Waals surface area contributed by atoms with E-state index in [-0.39, 0.29) is 5.91 Å². The first-order valence-electron chi connectivity index (χ1n) is 9.24. The largest absolute Gasteiger partial charge is 0.356 e. The van der Waals surface area contributed by atoms with Gasteiger partial charge >= 0.3 is 0 Å². The highest BCUT2D eigenvalue weighted by atomic mass is 79.9. The summed E-state index contributed by atoms with van der Waals surface area (Å²) < 4.78 is 2.89. The van der Waals surface area contributed by atoms with Crippen molar-refractivity contribution in [1.29, 1.82) is 0 Å². The van der Waals surface area contributed by atoms with Crippen molar-refractivity contribution in [3.63, 3.8) is 0 Å². The average molecular weight is 449 g/mol. The Hall–Kier alpha value is -2.35. The molecule has 1 aromatic carbocycles. The third-order valence-corrected chi connectivity index (χ3v) is 5.51. The summed E-state index contributed by atoms with van der Waals surface area (Å²) in [4.78, 5) is 18.4. The van der Waals surface area contributed by atoms with Crippen molar-refractivity contribution < 1.29 is 4.79 Å². The smallest absolute Gasteiger partial charge is 0.224 e. The van der Waals surface area contributed by atoms with E-state index in [9.17, 15) is 4.79 Å². The molecular formula is C20H29BrN6O. The van der Waals surface area contributed by atoms with E-state index >= 15 is 0 Å². The third kappa shape index (κ3) is 5.82. The van der Waals surface area contributed by atoms with Crippen molar-refractivity contribution in [2.24, 2.45) is 12.0 Å². The zero-order chi connectivity index (χ0) is 20.7. The number of aliphatic imine (C=N–C) groups is 1. The van der Waals surface area contributed by atoms with Crippen molar-refractivity contribution in [2.45, 2.75) is 33.4 Å². The molecule has 2 aromatic rings. The molecule has 2 N–H and O–H groups in total. The zero-order valence-corrected chi connectivity index (χ0v) is 18.8. The Kier molecular flexibility index (Phi) is 8.04. The van der Waals surface area contributed by atoms with Crippen LogP contribution in [0, 0.1) is 13.8 Å². The van der Waals surface area contributed by atoms with E-state index in [1.807, 2.05) is 56.9 Å². The maximum absolute atomic E-state index is 12.4. The maximum atomic E-state index is 12.4. The molecule has 0 atom stereocenters. The number of hydrogen-bond donors (Lipinski definition) is 2. The van der Waals surface area contributed by atoms with E-state index in [1.165, 1.54) is 0 Å². The first-order chi connectivity index (χ1) is 13.3. The Labute approximate surface area is 175 Å². The molecule has 1 aromatic heterocycles. The Balaban J connectivity index is 1.78. The van der Waals surface area contributed by atoms with Crippen molar-refractivity contribution in [3.8, 4) is 0 Å². The van der Waals surface area contributed by atoms with Crippen LogP contribution in [0.2, 0.25) is 0 Å². The second-order valence-electron chi connectivity index (χ2n) is 6.72. The van der Waals surface area contributed by atoms with Crippen molar-refractivity contribution in [3.05, 3.63) is 51.3 Å². The number of rotatable bonds is 7. The summed E-state index contributed by atoms with van der Waals surface area (Å²) in [6.07, 6.45) is 0.395. The van der Waals surface area contributed by atoms with Crippen LogP contribution in [0.1, 0.15) is 28.9 Å². The van der Waals surface area contributed by atoms with Gasteiger partial charge in [-0.15, -0.1) is 0 Å². The Morgan fingerprint density at radius 1 is 1.29 bits per heavy atom. The van der Waals surface area contributed by atoms with E-state index in [0.29, 0.717) is 32.0 Å². The second kappa shape index (κ2) is 10.3. The van der Waals surface area contributed by atoms with Crippen LogP contribution in [0.25, 0.3) is 0 Å². The van der Waals surface area contributed by atoms with Gasteiger partial charge in [-0.1, -0.05) is 34.1 Å². The summed E-state index contributed by atoms with van der Waals surface area (Å²) in [7, 11) is 5.48. The lowest BCUT2D eigenvalue weighted by Crippen LogP contribution is -2.39. The molecule has 0 unspecified atom stereocenters. The lowest BCUT2D eigenvalue weighted by molar-refractivity contribution is -0.130. The van der Waals surface area contributed by atoms with E-state index in [1.54, 1.807) is 11.9 Å². The van der Waals surface area contributed by atoms with Gasteiger partial charge in [0.1, 0.15) is 0 Å². The van der Waals surface area contributed by atoms with Gasteiger partial charge in [-0.3, -0.25) is 14.5 Å². The molecule has 28 heavy (non-hydrogen) atoms. The van der Waals surface area contributed by atoms with Crippen molar-refractivity contribution in [2.75, 3.05) is 20.6 Å². The fourth-order valence-corrected chi connectivity index (χ4v) is 3.33. The number of halogens is 1. The van der Waals surface area contributed by atoms with E-state index in [2.05, 4.69) is 36.7 Å². The summed E-state index contributed by atoms with van der Waals surface area (Å²) in [5, 5.41) is 10.9. The molecule has 0 saturated carbocycles. The number of guanidine groups is 1. The predicted octanol–water partition coefficient (Wildman–Crippen LogP) is 2.51. The molecule has 152 valence electrons. The van der Waals surface area contributed by atoms with Gasteiger partial charge in [-0.25, -0.2) is 0 Å². The van der Waals surface area contributed by atoms with Gasteiger partial charge in [0.15, 0.2) is 5.96 Å². The van der Waals surface area contributed by atoms with Crippen molar-refractivity contribution in [1.82, 2.24) is 25.3 Å². The molecular weight excluding hydrogens is 420 g/mol. The van der Waals surface area contributed by atoms with Crippen LogP contribution < -0.4 is 10.6 Å².